The van der Waals surface area contributed by atoms with Crippen LogP contribution in [0.1, 0.15) is 12.8 Å². The molecule has 0 aliphatic heterocycles. The van der Waals surface area contributed by atoms with Crippen LogP contribution in [0, 0.1) is 10.1 Å². The lowest BCUT2D eigenvalue weighted by molar-refractivity contribution is -0.384. The maximum Gasteiger partial charge on any atom is 0.331 e. The van der Waals surface area contributed by atoms with Crippen LogP contribution in [0.15, 0.2) is 53.0 Å². The summed E-state index contributed by atoms with van der Waals surface area (Å²) in [7, 11) is 1.37. The van der Waals surface area contributed by atoms with Crippen LogP contribution in [-0.2, 0) is 14.3 Å². The topological polar surface area (TPSA) is 134 Å². The van der Waals surface area contributed by atoms with Gasteiger partial charge in [0.15, 0.2) is 11.7 Å². The molecule has 1 N–H and O–H groups in total. The van der Waals surface area contributed by atoms with Gasteiger partial charge in [-0.15, -0.1) is 0 Å². The Morgan fingerprint density at radius 1 is 1.27 bits per heavy atom. The van der Waals surface area contributed by atoms with Crippen molar-refractivity contribution < 1.29 is 28.4 Å². The minimum atomic E-state index is -1.20. The number of hydrogen-bond acceptors (Lipinski definition) is 8. The van der Waals surface area contributed by atoms with Crippen LogP contribution >= 0.6 is 0 Å². The van der Waals surface area contributed by atoms with Gasteiger partial charge in [0.05, 0.1) is 18.1 Å². The molecule has 3 rings (SSSR count). The number of ether oxygens (including phenoxy) is 2. The number of anilines is 1. The number of nitro benzene ring substituents is 1. The first-order valence-electron chi connectivity index (χ1n) is 8.75. The summed E-state index contributed by atoms with van der Waals surface area (Å²) in [6, 6.07) is 11.1. The molecule has 154 valence electrons. The summed E-state index contributed by atoms with van der Waals surface area (Å²) in [6.45, 7) is 1.34. The van der Waals surface area contributed by atoms with Gasteiger partial charge in [0, 0.05) is 12.2 Å². The van der Waals surface area contributed by atoms with E-state index in [2.05, 4.69) is 10.3 Å². The highest BCUT2D eigenvalue weighted by atomic mass is 16.6. The Morgan fingerprint density at radius 3 is 2.73 bits per heavy atom. The van der Waals surface area contributed by atoms with Crippen molar-refractivity contribution in [3.63, 3.8) is 0 Å². The maximum atomic E-state index is 12.3. The summed E-state index contributed by atoms with van der Waals surface area (Å²) >= 11 is 0. The molecule has 0 saturated carbocycles. The number of esters is 1. The Balaban J connectivity index is 1.62. The summed E-state index contributed by atoms with van der Waals surface area (Å²) in [5, 5.41) is 13.6. The molecule has 3 aromatic rings. The molecule has 0 aliphatic carbocycles. The van der Waals surface area contributed by atoms with Crippen molar-refractivity contribution in [2.45, 2.75) is 13.0 Å². The molecule has 2 aromatic carbocycles. The number of hydrogen-bond donors (Lipinski definition) is 1. The van der Waals surface area contributed by atoms with Crippen LogP contribution < -0.4 is 10.1 Å². The lowest BCUT2D eigenvalue weighted by atomic mass is 10.2. The van der Waals surface area contributed by atoms with E-state index in [9.17, 15) is 19.7 Å². The van der Waals surface area contributed by atoms with Gasteiger partial charge in [0.1, 0.15) is 17.0 Å². The van der Waals surface area contributed by atoms with Gasteiger partial charge in [-0.1, -0.05) is 12.1 Å². The predicted molar refractivity (Wildman–Crippen MR) is 107 cm³/mol. The van der Waals surface area contributed by atoms with Crippen LogP contribution in [0.5, 0.6) is 5.75 Å². The zero-order valence-corrected chi connectivity index (χ0v) is 16.0. The molecule has 10 nitrogen and oxygen atoms in total. The second-order valence-electron chi connectivity index (χ2n) is 6.06. The Labute approximate surface area is 170 Å². The predicted octanol–water partition coefficient (Wildman–Crippen LogP) is 3.33. The summed E-state index contributed by atoms with van der Waals surface area (Å²) in [4.78, 5) is 39.0. The SMILES string of the molecule is COc1ccc(NC(=O)[C@H](C)OC(=O)/C=C/c2nc3ccccc3o2)c([N+](=O)[O-])c1. The molecular weight excluding hydrogens is 394 g/mol. The molecule has 0 spiro atoms. The third-order valence-electron chi connectivity index (χ3n) is 3.99. The fourth-order valence-corrected chi connectivity index (χ4v) is 2.50. The largest absolute Gasteiger partial charge is 0.496 e. The first-order valence-corrected chi connectivity index (χ1v) is 8.75. The van der Waals surface area contributed by atoms with E-state index >= 15 is 0 Å². The third kappa shape index (κ3) is 4.79. The van der Waals surface area contributed by atoms with Gasteiger partial charge in [0.2, 0.25) is 5.89 Å². The summed E-state index contributed by atoms with van der Waals surface area (Å²) in [5.74, 6) is -1.06. The molecule has 0 aliphatic rings. The van der Waals surface area contributed by atoms with E-state index < -0.39 is 22.9 Å². The van der Waals surface area contributed by atoms with E-state index in [1.54, 1.807) is 24.3 Å². The standard InChI is InChI=1S/C20H17N3O7/c1-12(20(25)22-14-8-7-13(28-2)11-16(14)23(26)27)29-19(24)10-9-18-21-15-5-3-4-6-17(15)30-18/h3-12H,1-2H3,(H,22,25)/b10-9+/t12-/m0/s1. The fourth-order valence-electron chi connectivity index (χ4n) is 2.50. The van der Waals surface area contributed by atoms with Crippen LogP contribution in [0.25, 0.3) is 17.2 Å². The Bertz CT molecular complexity index is 1100. The lowest BCUT2D eigenvalue weighted by Crippen LogP contribution is -2.29. The highest BCUT2D eigenvalue weighted by Gasteiger charge is 2.22. The van der Waals surface area contributed by atoms with Crippen molar-refractivity contribution in [2.24, 2.45) is 0 Å². The first kappa shape index (κ1) is 20.5. The number of nitrogens with one attached hydrogen (secondary N) is 1. The molecule has 0 radical (unpaired) electrons. The van der Waals surface area contributed by atoms with E-state index in [1.165, 1.54) is 38.3 Å². The van der Waals surface area contributed by atoms with Crippen molar-refractivity contribution in [1.29, 1.82) is 0 Å². The fraction of sp³-hybridized carbons (Fsp3) is 0.150. The molecule has 1 amide bonds. The Morgan fingerprint density at radius 2 is 2.03 bits per heavy atom. The molecule has 1 atom stereocenters. The molecule has 1 aromatic heterocycles. The van der Waals surface area contributed by atoms with E-state index in [0.717, 1.165) is 6.08 Å². The Kier molecular flexibility index (Phi) is 6.06. The average molecular weight is 411 g/mol. The zero-order chi connectivity index (χ0) is 21.7. The minimum absolute atomic E-state index is 0.0456. The van der Waals surface area contributed by atoms with Crippen molar-refractivity contribution in [2.75, 3.05) is 12.4 Å². The number of oxazole rings is 1. The normalized spacial score (nSPS) is 11.9. The Hall–Kier alpha value is -4.21. The van der Waals surface area contributed by atoms with E-state index in [-0.39, 0.29) is 23.0 Å². The number of benzene rings is 2. The molecule has 10 heteroatoms. The van der Waals surface area contributed by atoms with E-state index in [4.69, 9.17) is 13.9 Å². The maximum absolute atomic E-state index is 12.3. The van der Waals surface area contributed by atoms with Crippen molar-refractivity contribution in [3.05, 3.63) is 64.5 Å². The second kappa shape index (κ2) is 8.86. The van der Waals surface area contributed by atoms with Crippen LogP contribution in [0.3, 0.4) is 0 Å². The molecule has 0 bridgehead atoms. The highest BCUT2D eigenvalue weighted by molar-refractivity contribution is 5.98. The highest BCUT2D eigenvalue weighted by Crippen LogP contribution is 2.29. The van der Waals surface area contributed by atoms with Crippen molar-refractivity contribution in [3.8, 4) is 5.75 Å². The number of carbonyl (C=O) groups is 2. The lowest BCUT2D eigenvalue weighted by Gasteiger charge is -2.12. The molecule has 0 unspecified atom stereocenters. The number of rotatable bonds is 7. The number of nitro groups is 1. The quantitative estimate of drug-likeness (QED) is 0.271. The number of nitrogens with zero attached hydrogens (tertiary/aromatic N) is 2. The molecule has 0 fully saturated rings. The van der Waals surface area contributed by atoms with Crippen LogP contribution in [0.4, 0.5) is 11.4 Å². The summed E-state index contributed by atoms with van der Waals surface area (Å²) in [6.07, 6.45) is 1.19. The van der Waals surface area contributed by atoms with Crippen LogP contribution in [-0.4, -0.2) is 35.0 Å². The number of methoxy groups -OCH3 is 1. The van der Waals surface area contributed by atoms with E-state index in [1.807, 2.05) is 0 Å². The number of para-hydroxylation sites is 2. The minimum Gasteiger partial charge on any atom is -0.496 e. The smallest absolute Gasteiger partial charge is 0.331 e. The summed E-state index contributed by atoms with van der Waals surface area (Å²) in [5.41, 5.74) is 0.812. The average Bonchev–Trinajstić information content (AvgIpc) is 3.15. The molecule has 30 heavy (non-hydrogen) atoms. The van der Waals surface area contributed by atoms with Gasteiger partial charge < -0.3 is 19.2 Å². The first-order chi connectivity index (χ1) is 14.4. The molecule has 0 saturated heterocycles. The van der Waals surface area contributed by atoms with Gasteiger partial charge in [-0.25, -0.2) is 9.78 Å². The van der Waals surface area contributed by atoms with Gasteiger partial charge in [-0.05, 0) is 31.2 Å². The summed E-state index contributed by atoms with van der Waals surface area (Å²) < 4.78 is 15.4. The number of aromatic nitrogens is 1. The van der Waals surface area contributed by atoms with Gasteiger partial charge in [0.25, 0.3) is 11.6 Å². The zero-order valence-electron chi connectivity index (χ0n) is 16.0. The van der Waals surface area contributed by atoms with Gasteiger partial charge in [-0.3, -0.25) is 14.9 Å². The van der Waals surface area contributed by atoms with Crippen molar-refractivity contribution in [1.82, 2.24) is 4.98 Å². The van der Waals surface area contributed by atoms with E-state index in [0.29, 0.717) is 11.1 Å². The molecular formula is C20H17N3O7. The number of carbonyl (C=O) groups excluding carboxylic acids is 2. The van der Waals surface area contributed by atoms with Crippen molar-refractivity contribution >= 4 is 40.4 Å². The number of fused-ring (bicyclic) bond motifs is 1. The van der Waals surface area contributed by atoms with Gasteiger partial charge >= 0.3 is 5.97 Å². The third-order valence-corrected chi connectivity index (χ3v) is 3.99. The van der Waals surface area contributed by atoms with Gasteiger partial charge in [-0.2, -0.15) is 0 Å². The van der Waals surface area contributed by atoms with Crippen LogP contribution in [0.2, 0.25) is 0 Å². The second-order valence-corrected chi connectivity index (χ2v) is 6.06. The number of amides is 1. The molecule has 1 heterocycles. The monoisotopic (exact) mass is 411 g/mol.